The minimum Gasteiger partial charge on any atom is -0.478 e. The van der Waals surface area contributed by atoms with Crippen molar-refractivity contribution < 1.29 is 23.1 Å². The number of ether oxygens (including phenoxy) is 1. The number of benzene rings is 1. The summed E-state index contributed by atoms with van der Waals surface area (Å²) in [4.78, 5) is 11.1. The van der Waals surface area contributed by atoms with Crippen LogP contribution < -0.4 is 10.0 Å². The molecule has 0 bridgehead atoms. The van der Waals surface area contributed by atoms with Gasteiger partial charge in [0.05, 0.1) is 17.4 Å². The van der Waals surface area contributed by atoms with Crippen LogP contribution in [-0.2, 0) is 14.8 Å². The summed E-state index contributed by atoms with van der Waals surface area (Å²) >= 11 is 0. The van der Waals surface area contributed by atoms with E-state index in [9.17, 15) is 13.2 Å². The van der Waals surface area contributed by atoms with E-state index in [0.717, 1.165) is 19.3 Å². The summed E-state index contributed by atoms with van der Waals surface area (Å²) in [5, 5.41) is 12.3. The van der Waals surface area contributed by atoms with Crippen molar-refractivity contribution in [2.75, 3.05) is 18.5 Å². The molecule has 2 atom stereocenters. The van der Waals surface area contributed by atoms with Gasteiger partial charge < -0.3 is 15.2 Å². The van der Waals surface area contributed by atoms with Gasteiger partial charge in [-0.15, -0.1) is 0 Å². The van der Waals surface area contributed by atoms with Gasteiger partial charge in [-0.3, -0.25) is 0 Å². The molecule has 1 aliphatic rings. The molecule has 0 amide bonds. The van der Waals surface area contributed by atoms with E-state index in [1.54, 1.807) is 0 Å². The summed E-state index contributed by atoms with van der Waals surface area (Å²) in [5.74, 6) is -1.17. The molecule has 1 saturated heterocycles. The predicted molar refractivity (Wildman–Crippen MR) is 90.9 cm³/mol. The van der Waals surface area contributed by atoms with Gasteiger partial charge in [-0.1, -0.05) is 6.92 Å². The van der Waals surface area contributed by atoms with Crippen molar-refractivity contribution in [2.24, 2.45) is 0 Å². The first kappa shape index (κ1) is 18.7. The fourth-order valence-electron chi connectivity index (χ4n) is 2.45. The minimum absolute atomic E-state index is 0.0549. The maximum atomic E-state index is 12.7. The van der Waals surface area contributed by atoms with Crippen LogP contribution in [0.4, 0.5) is 5.69 Å². The zero-order valence-electron chi connectivity index (χ0n) is 13.9. The molecule has 0 spiro atoms. The van der Waals surface area contributed by atoms with Gasteiger partial charge in [0.2, 0.25) is 10.0 Å². The zero-order chi connectivity index (χ0) is 17.7. The molecule has 0 radical (unpaired) electrons. The Hall–Kier alpha value is -1.64. The normalized spacial score (nSPS) is 19.2. The molecular formula is C16H24N2O5S. The van der Waals surface area contributed by atoms with Crippen LogP contribution in [0, 0.1) is 0 Å². The molecule has 2 rings (SSSR count). The van der Waals surface area contributed by atoms with Crippen molar-refractivity contribution in [3.8, 4) is 0 Å². The van der Waals surface area contributed by atoms with Gasteiger partial charge in [0, 0.05) is 19.2 Å². The van der Waals surface area contributed by atoms with Gasteiger partial charge in [-0.25, -0.2) is 17.9 Å². The average molecular weight is 356 g/mol. The van der Waals surface area contributed by atoms with Crippen LogP contribution in [0.1, 0.15) is 43.5 Å². The topological polar surface area (TPSA) is 105 Å². The van der Waals surface area contributed by atoms with Crippen LogP contribution in [0.15, 0.2) is 23.1 Å². The summed E-state index contributed by atoms with van der Waals surface area (Å²) in [6.07, 6.45) is 2.41. The van der Waals surface area contributed by atoms with Crippen LogP contribution >= 0.6 is 0 Å². The number of sulfonamides is 1. The molecule has 7 nitrogen and oxygen atoms in total. The summed E-state index contributed by atoms with van der Waals surface area (Å²) in [6.45, 7) is 4.73. The number of hydrogen-bond donors (Lipinski definition) is 3. The van der Waals surface area contributed by atoms with Gasteiger partial charge >= 0.3 is 5.97 Å². The van der Waals surface area contributed by atoms with E-state index in [2.05, 4.69) is 10.0 Å². The number of rotatable bonds is 8. The van der Waals surface area contributed by atoms with Crippen LogP contribution in [0.25, 0.3) is 0 Å². The summed E-state index contributed by atoms with van der Waals surface area (Å²) in [7, 11) is -3.84. The number of carboxylic acid groups (broad SMARTS) is 1. The summed E-state index contributed by atoms with van der Waals surface area (Å²) in [5.41, 5.74) is 0.330. The fourth-order valence-corrected chi connectivity index (χ4v) is 3.71. The molecule has 24 heavy (non-hydrogen) atoms. The number of nitrogens with one attached hydrogen (secondary N) is 2. The second kappa shape index (κ2) is 7.96. The lowest BCUT2D eigenvalue weighted by atomic mass is 10.2. The van der Waals surface area contributed by atoms with Crippen molar-refractivity contribution in [2.45, 2.75) is 50.2 Å². The van der Waals surface area contributed by atoms with Crippen molar-refractivity contribution >= 4 is 21.7 Å². The second-order valence-electron chi connectivity index (χ2n) is 5.96. The SMILES string of the molecule is CC[C@@H](C)Nc1ccc(C(=O)O)cc1S(=O)(=O)NC[C@@H]1CCCO1. The zero-order valence-corrected chi connectivity index (χ0v) is 14.7. The molecule has 1 aromatic carbocycles. The van der Waals surface area contributed by atoms with E-state index in [4.69, 9.17) is 9.84 Å². The number of hydrogen-bond acceptors (Lipinski definition) is 5. The van der Waals surface area contributed by atoms with Gasteiger partial charge in [0.15, 0.2) is 0 Å². The first-order valence-electron chi connectivity index (χ1n) is 8.08. The van der Waals surface area contributed by atoms with Crippen molar-refractivity contribution in [3.63, 3.8) is 0 Å². The van der Waals surface area contributed by atoms with E-state index in [1.165, 1.54) is 18.2 Å². The molecule has 1 heterocycles. The Morgan fingerprint density at radius 2 is 2.21 bits per heavy atom. The molecule has 0 saturated carbocycles. The quantitative estimate of drug-likeness (QED) is 0.658. The molecule has 8 heteroatoms. The molecule has 1 aliphatic heterocycles. The van der Waals surface area contributed by atoms with Crippen LogP contribution in [0.3, 0.4) is 0 Å². The van der Waals surface area contributed by atoms with Gasteiger partial charge in [0.25, 0.3) is 0 Å². The number of aromatic carboxylic acids is 1. The van der Waals surface area contributed by atoms with Crippen molar-refractivity contribution in [1.82, 2.24) is 4.72 Å². The summed E-state index contributed by atoms with van der Waals surface area (Å²) in [6, 6.07) is 4.14. The monoisotopic (exact) mass is 356 g/mol. The maximum Gasteiger partial charge on any atom is 0.335 e. The lowest BCUT2D eigenvalue weighted by Crippen LogP contribution is -2.32. The Morgan fingerprint density at radius 3 is 2.79 bits per heavy atom. The Bertz CT molecular complexity index is 684. The Balaban J connectivity index is 2.28. The Labute approximate surface area is 142 Å². The maximum absolute atomic E-state index is 12.7. The third kappa shape index (κ3) is 4.68. The van der Waals surface area contributed by atoms with Gasteiger partial charge in [-0.05, 0) is 44.4 Å². The Morgan fingerprint density at radius 1 is 1.46 bits per heavy atom. The molecule has 1 fully saturated rings. The second-order valence-corrected chi connectivity index (χ2v) is 7.69. The predicted octanol–water partition coefficient (Wildman–Crippen LogP) is 2.05. The van der Waals surface area contributed by atoms with Crippen LogP contribution in [-0.4, -0.2) is 44.8 Å². The van der Waals surface area contributed by atoms with Crippen LogP contribution in [0.5, 0.6) is 0 Å². The Kier molecular flexibility index (Phi) is 6.20. The van der Waals surface area contributed by atoms with Crippen molar-refractivity contribution in [3.05, 3.63) is 23.8 Å². The van der Waals surface area contributed by atoms with Crippen molar-refractivity contribution in [1.29, 1.82) is 0 Å². The molecule has 0 unspecified atom stereocenters. The number of carbonyl (C=O) groups is 1. The van der Waals surface area contributed by atoms with Gasteiger partial charge in [-0.2, -0.15) is 0 Å². The largest absolute Gasteiger partial charge is 0.478 e. The lowest BCUT2D eigenvalue weighted by Gasteiger charge is -2.18. The highest BCUT2D eigenvalue weighted by atomic mass is 32.2. The van der Waals surface area contributed by atoms with E-state index in [-0.39, 0.29) is 29.1 Å². The molecule has 3 N–H and O–H groups in total. The molecule has 0 aromatic heterocycles. The highest BCUT2D eigenvalue weighted by molar-refractivity contribution is 7.89. The average Bonchev–Trinajstić information content (AvgIpc) is 3.06. The highest BCUT2D eigenvalue weighted by Gasteiger charge is 2.24. The fraction of sp³-hybridized carbons (Fsp3) is 0.562. The smallest absolute Gasteiger partial charge is 0.335 e. The third-order valence-corrected chi connectivity index (χ3v) is 5.52. The lowest BCUT2D eigenvalue weighted by molar-refractivity contribution is 0.0696. The first-order valence-corrected chi connectivity index (χ1v) is 9.57. The molecule has 0 aliphatic carbocycles. The number of anilines is 1. The third-order valence-electron chi connectivity index (χ3n) is 4.06. The molecule has 134 valence electrons. The van der Waals surface area contributed by atoms with E-state index in [1.807, 2.05) is 13.8 Å². The van der Waals surface area contributed by atoms with E-state index >= 15 is 0 Å². The molecule has 1 aromatic rings. The minimum atomic E-state index is -3.84. The first-order chi connectivity index (χ1) is 11.3. The van der Waals surface area contributed by atoms with E-state index in [0.29, 0.717) is 12.3 Å². The van der Waals surface area contributed by atoms with E-state index < -0.39 is 16.0 Å². The number of carboxylic acids is 1. The highest BCUT2D eigenvalue weighted by Crippen LogP contribution is 2.24. The summed E-state index contributed by atoms with van der Waals surface area (Å²) < 4.78 is 33.3. The van der Waals surface area contributed by atoms with Crippen LogP contribution in [0.2, 0.25) is 0 Å². The standard InChI is InChI=1S/C16H24N2O5S/c1-3-11(2)18-14-7-6-12(16(19)20)9-15(14)24(21,22)17-10-13-5-4-8-23-13/h6-7,9,11,13,17-18H,3-5,8,10H2,1-2H3,(H,19,20)/t11-,13+/m1/s1. The molecular weight excluding hydrogens is 332 g/mol. The van der Waals surface area contributed by atoms with Gasteiger partial charge in [0.1, 0.15) is 4.90 Å².